The molecule has 1 saturated heterocycles. The van der Waals surface area contributed by atoms with Gasteiger partial charge >= 0.3 is 6.03 Å². The topological polar surface area (TPSA) is 52.7 Å². The molecule has 3 amide bonds. The largest absolute Gasteiger partial charge is 0.341 e. The normalized spacial score (nSPS) is 18.7. The molecule has 1 saturated carbocycles. The summed E-state index contributed by atoms with van der Waals surface area (Å²) in [4.78, 5) is 28.7. The highest BCUT2D eigenvalue weighted by molar-refractivity contribution is 5.90. The highest BCUT2D eigenvalue weighted by atomic mass is 16.2. The number of amides is 3. The molecule has 3 rings (SSSR count). The summed E-state index contributed by atoms with van der Waals surface area (Å²) < 4.78 is 0. The molecule has 2 aliphatic rings. The van der Waals surface area contributed by atoms with Gasteiger partial charge in [0.25, 0.3) is 0 Å². The highest BCUT2D eigenvalue weighted by Gasteiger charge is 2.34. The van der Waals surface area contributed by atoms with Gasteiger partial charge in [-0.3, -0.25) is 4.79 Å². The average Bonchev–Trinajstić information content (AvgIpc) is 3.40. The number of carbonyl (C=O) groups is 2. The number of carbonyl (C=O) groups excluding carboxylic acids is 2. The predicted octanol–water partition coefficient (Wildman–Crippen LogP) is 3.46. The quantitative estimate of drug-likeness (QED) is 0.894. The molecule has 0 unspecified atom stereocenters. The van der Waals surface area contributed by atoms with Crippen molar-refractivity contribution < 1.29 is 9.59 Å². The molecule has 1 aliphatic carbocycles. The van der Waals surface area contributed by atoms with E-state index in [1.54, 1.807) is 0 Å². The van der Waals surface area contributed by atoms with Crippen LogP contribution in [-0.4, -0.2) is 47.9 Å². The molecule has 25 heavy (non-hydrogen) atoms. The lowest BCUT2D eigenvalue weighted by atomic mass is 9.86. The van der Waals surface area contributed by atoms with Gasteiger partial charge in [-0.15, -0.1) is 0 Å². The maximum Gasteiger partial charge on any atom is 0.321 e. The molecule has 1 N–H and O–H groups in total. The third-order valence-corrected chi connectivity index (χ3v) is 5.00. The zero-order valence-corrected chi connectivity index (χ0v) is 15.5. The fraction of sp³-hybridized carbons (Fsp3) is 0.600. The summed E-state index contributed by atoms with van der Waals surface area (Å²) in [5.41, 5.74) is 1.97. The van der Waals surface area contributed by atoms with Gasteiger partial charge < -0.3 is 15.1 Å². The van der Waals surface area contributed by atoms with Gasteiger partial charge in [-0.2, -0.15) is 0 Å². The lowest BCUT2D eigenvalue weighted by molar-refractivity contribution is -0.132. The van der Waals surface area contributed by atoms with Crippen LogP contribution >= 0.6 is 0 Å². The van der Waals surface area contributed by atoms with Crippen molar-refractivity contribution in [2.24, 2.45) is 5.92 Å². The van der Waals surface area contributed by atoms with Gasteiger partial charge in [-0.25, -0.2) is 4.79 Å². The van der Waals surface area contributed by atoms with E-state index in [0.717, 1.165) is 37.1 Å². The van der Waals surface area contributed by atoms with E-state index in [9.17, 15) is 9.59 Å². The van der Waals surface area contributed by atoms with Crippen LogP contribution in [0.25, 0.3) is 0 Å². The van der Waals surface area contributed by atoms with Crippen molar-refractivity contribution in [2.75, 3.05) is 31.5 Å². The number of nitrogens with one attached hydrogen (secondary N) is 1. The van der Waals surface area contributed by atoms with E-state index < -0.39 is 0 Å². The maximum absolute atomic E-state index is 12.7. The SMILES string of the molecule is CC(C)(C)c1ccccc1NC(=O)N1CCCN(C(=O)C2CC2)CC1. The van der Waals surface area contributed by atoms with Crippen LogP contribution in [0.3, 0.4) is 0 Å². The molecule has 0 radical (unpaired) electrons. The van der Waals surface area contributed by atoms with Gasteiger partial charge in [0.15, 0.2) is 0 Å². The van der Waals surface area contributed by atoms with Gasteiger partial charge in [-0.05, 0) is 36.3 Å². The van der Waals surface area contributed by atoms with Crippen LogP contribution in [-0.2, 0) is 10.2 Å². The molecule has 1 aliphatic heterocycles. The van der Waals surface area contributed by atoms with Gasteiger partial charge in [0.05, 0.1) is 0 Å². The second kappa shape index (κ2) is 7.06. The number of hydrogen-bond acceptors (Lipinski definition) is 2. The Morgan fingerprint density at radius 3 is 2.32 bits per heavy atom. The molecule has 2 fully saturated rings. The van der Waals surface area contributed by atoms with E-state index in [1.165, 1.54) is 0 Å². The Labute approximate surface area is 150 Å². The lowest BCUT2D eigenvalue weighted by Crippen LogP contribution is -2.40. The first-order chi connectivity index (χ1) is 11.9. The van der Waals surface area contributed by atoms with E-state index in [4.69, 9.17) is 0 Å². The van der Waals surface area contributed by atoms with Crippen LogP contribution in [0, 0.1) is 5.92 Å². The maximum atomic E-state index is 12.7. The highest BCUT2D eigenvalue weighted by Crippen LogP contribution is 2.31. The first kappa shape index (κ1) is 17.8. The van der Waals surface area contributed by atoms with Crippen molar-refractivity contribution in [3.05, 3.63) is 29.8 Å². The van der Waals surface area contributed by atoms with Gasteiger partial charge in [0, 0.05) is 37.8 Å². The smallest absolute Gasteiger partial charge is 0.321 e. The Balaban J connectivity index is 1.63. The molecule has 5 nitrogen and oxygen atoms in total. The summed E-state index contributed by atoms with van der Waals surface area (Å²) in [6, 6.07) is 7.90. The molecule has 1 aromatic carbocycles. The van der Waals surface area contributed by atoms with Crippen molar-refractivity contribution in [3.8, 4) is 0 Å². The molecule has 0 atom stereocenters. The van der Waals surface area contributed by atoms with Crippen molar-refractivity contribution in [1.82, 2.24) is 9.80 Å². The van der Waals surface area contributed by atoms with Crippen molar-refractivity contribution in [1.29, 1.82) is 0 Å². The first-order valence-corrected chi connectivity index (χ1v) is 9.30. The van der Waals surface area contributed by atoms with Gasteiger partial charge in [-0.1, -0.05) is 39.0 Å². The summed E-state index contributed by atoms with van der Waals surface area (Å²) in [7, 11) is 0. The Kier molecular flexibility index (Phi) is 5.02. The summed E-state index contributed by atoms with van der Waals surface area (Å²) in [6.07, 6.45) is 2.90. The number of benzene rings is 1. The number of anilines is 1. The minimum absolute atomic E-state index is 0.0316. The molecule has 5 heteroatoms. The summed E-state index contributed by atoms with van der Waals surface area (Å²) >= 11 is 0. The third-order valence-electron chi connectivity index (χ3n) is 5.00. The monoisotopic (exact) mass is 343 g/mol. The lowest BCUT2D eigenvalue weighted by Gasteiger charge is -2.26. The van der Waals surface area contributed by atoms with E-state index in [1.807, 2.05) is 28.0 Å². The standard InChI is InChI=1S/C20H29N3O2/c1-20(2,3)16-7-4-5-8-17(16)21-19(25)23-12-6-11-22(13-14-23)18(24)15-9-10-15/h4-5,7-8,15H,6,9-14H2,1-3H3,(H,21,25). The van der Waals surface area contributed by atoms with Crippen LogP contribution in [0.5, 0.6) is 0 Å². The fourth-order valence-electron chi connectivity index (χ4n) is 3.37. The van der Waals surface area contributed by atoms with Crippen molar-refractivity contribution >= 4 is 17.6 Å². The minimum atomic E-state index is -0.0718. The molecular weight excluding hydrogens is 314 g/mol. The Hall–Kier alpha value is -2.04. The molecule has 136 valence electrons. The third kappa shape index (κ3) is 4.33. The second-order valence-corrected chi connectivity index (χ2v) is 8.17. The van der Waals surface area contributed by atoms with E-state index >= 15 is 0 Å². The van der Waals surface area contributed by atoms with E-state index in [0.29, 0.717) is 19.6 Å². The molecular formula is C20H29N3O2. The zero-order chi connectivity index (χ0) is 18.0. The predicted molar refractivity (Wildman–Crippen MR) is 99.7 cm³/mol. The van der Waals surface area contributed by atoms with Crippen molar-refractivity contribution in [2.45, 2.75) is 45.4 Å². The second-order valence-electron chi connectivity index (χ2n) is 8.17. The van der Waals surface area contributed by atoms with Crippen LogP contribution in [0.15, 0.2) is 24.3 Å². The Morgan fingerprint density at radius 2 is 1.64 bits per heavy atom. The number of hydrogen-bond donors (Lipinski definition) is 1. The number of para-hydroxylation sites is 1. The molecule has 0 spiro atoms. The molecule has 0 aromatic heterocycles. The Morgan fingerprint density at radius 1 is 1.00 bits per heavy atom. The van der Waals surface area contributed by atoms with E-state index in [2.05, 4.69) is 32.2 Å². The first-order valence-electron chi connectivity index (χ1n) is 9.30. The summed E-state index contributed by atoms with van der Waals surface area (Å²) in [6.45, 7) is 9.13. The van der Waals surface area contributed by atoms with Crippen LogP contribution < -0.4 is 5.32 Å². The van der Waals surface area contributed by atoms with Crippen LogP contribution in [0.2, 0.25) is 0 Å². The van der Waals surface area contributed by atoms with E-state index in [-0.39, 0.29) is 23.3 Å². The zero-order valence-electron chi connectivity index (χ0n) is 15.5. The van der Waals surface area contributed by atoms with Gasteiger partial charge in [0.2, 0.25) is 5.91 Å². The van der Waals surface area contributed by atoms with Crippen LogP contribution in [0.4, 0.5) is 10.5 Å². The Bertz CT molecular complexity index is 647. The minimum Gasteiger partial charge on any atom is -0.341 e. The number of nitrogens with zero attached hydrogens (tertiary/aromatic N) is 2. The molecule has 0 bridgehead atoms. The fourth-order valence-corrected chi connectivity index (χ4v) is 3.37. The number of urea groups is 1. The summed E-state index contributed by atoms with van der Waals surface area (Å²) in [5.74, 6) is 0.527. The molecule has 1 heterocycles. The summed E-state index contributed by atoms with van der Waals surface area (Å²) in [5, 5.41) is 3.08. The van der Waals surface area contributed by atoms with Crippen molar-refractivity contribution in [3.63, 3.8) is 0 Å². The number of rotatable bonds is 2. The molecule has 1 aromatic rings. The van der Waals surface area contributed by atoms with Crippen LogP contribution in [0.1, 0.15) is 45.6 Å². The van der Waals surface area contributed by atoms with Gasteiger partial charge in [0.1, 0.15) is 0 Å². The average molecular weight is 343 g/mol.